The van der Waals surface area contributed by atoms with Crippen molar-refractivity contribution in [1.29, 1.82) is 0 Å². The van der Waals surface area contributed by atoms with Crippen LogP contribution in [0.2, 0.25) is 0 Å². The molecular formula is C16H17N5S. The lowest BCUT2D eigenvalue weighted by molar-refractivity contribution is 0.833. The van der Waals surface area contributed by atoms with Gasteiger partial charge in [-0.3, -0.25) is 5.43 Å². The number of aromatic nitrogens is 3. The molecule has 0 spiro atoms. The Morgan fingerprint density at radius 1 is 1.14 bits per heavy atom. The molecule has 3 aromatic rings. The van der Waals surface area contributed by atoms with E-state index in [9.17, 15) is 0 Å². The predicted molar refractivity (Wildman–Crippen MR) is 91.1 cm³/mol. The number of hydrogen-bond acceptors (Lipinski definition) is 5. The average molecular weight is 311 g/mol. The van der Waals surface area contributed by atoms with Crippen molar-refractivity contribution in [2.45, 2.75) is 20.8 Å². The van der Waals surface area contributed by atoms with E-state index in [0.29, 0.717) is 0 Å². The van der Waals surface area contributed by atoms with Gasteiger partial charge in [0.05, 0.1) is 23.3 Å². The Kier molecular flexibility index (Phi) is 4.02. The van der Waals surface area contributed by atoms with E-state index in [0.717, 1.165) is 33.5 Å². The minimum atomic E-state index is 0.799. The number of aryl methyl sites for hydroxylation is 3. The van der Waals surface area contributed by atoms with Crippen LogP contribution in [0.1, 0.15) is 22.6 Å². The first-order chi connectivity index (χ1) is 10.6. The van der Waals surface area contributed by atoms with Gasteiger partial charge in [-0.25, -0.2) is 9.67 Å². The van der Waals surface area contributed by atoms with Crippen LogP contribution in [-0.2, 0) is 0 Å². The molecule has 0 radical (unpaired) electrons. The number of anilines is 1. The quantitative estimate of drug-likeness (QED) is 0.590. The van der Waals surface area contributed by atoms with E-state index in [1.807, 2.05) is 48.2 Å². The third kappa shape index (κ3) is 3.23. The van der Waals surface area contributed by atoms with Gasteiger partial charge in [0.1, 0.15) is 0 Å². The first-order valence-electron chi connectivity index (χ1n) is 6.97. The first kappa shape index (κ1) is 14.5. The standard InChI is InChI=1S/C16H17N5S/c1-11-8-13(3)21(20-11)15-6-4-14(5-7-15)9-17-19-16-18-12(2)10-22-16/h4-10H,1-3H3,(H,18,19). The summed E-state index contributed by atoms with van der Waals surface area (Å²) in [7, 11) is 0. The molecule has 1 N–H and O–H groups in total. The van der Waals surface area contributed by atoms with Gasteiger partial charge in [-0.05, 0) is 44.5 Å². The first-order valence-corrected chi connectivity index (χ1v) is 7.85. The van der Waals surface area contributed by atoms with Crippen LogP contribution in [0.25, 0.3) is 5.69 Å². The molecule has 0 atom stereocenters. The summed E-state index contributed by atoms with van der Waals surface area (Å²) in [6.07, 6.45) is 1.78. The molecule has 5 nitrogen and oxygen atoms in total. The molecule has 0 saturated heterocycles. The van der Waals surface area contributed by atoms with Crippen molar-refractivity contribution >= 4 is 22.7 Å². The number of nitrogens with zero attached hydrogens (tertiary/aromatic N) is 4. The van der Waals surface area contributed by atoms with Crippen molar-refractivity contribution in [1.82, 2.24) is 14.8 Å². The van der Waals surface area contributed by atoms with E-state index in [4.69, 9.17) is 0 Å². The molecule has 0 saturated carbocycles. The Hall–Kier alpha value is -2.47. The lowest BCUT2D eigenvalue weighted by Gasteiger charge is -2.04. The highest BCUT2D eigenvalue weighted by atomic mass is 32.1. The van der Waals surface area contributed by atoms with Gasteiger partial charge in [0.25, 0.3) is 0 Å². The predicted octanol–water partition coefficient (Wildman–Crippen LogP) is 3.70. The maximum Gasteiger partial charge on any atom is 0.203 e. The van der Waals surface area contributed by atoms with Gasteiger partial charge < -0.3 is 0 Å². The SMILES string of the molecule is Cc1csc(NN=Cc2ccc(-n3nc(C)cc3C)cc2)n1. The normalized spacial score (nSPS) is 11.2. The summed E-state index contributed by atoms with van der Waals surface area (Å²) < 4.78 is 1.94. The van der Waals surface area contributed by atoms with Gasteiger partial charge in [0.2, 0.25) is 5.13 Å². The van der Waals surface area contributed by atoms with Crippen LogP contribution >= 0.6 is 11.3 Å². The third-order valence-corrected chi connectivity index (χ3v) is 4.00. The zero-order chi connectivity index (χ0) is 15.5. The summed E-state index contributed by atoms with van der Waals surface area (Å²) in [4.78, 5) is 4.29. The van der Waals surface area contributed by atoms with Crippen molar-refractivity contribution < 1.29 is 0 Å². The van der Waals surface area contributed by atoms with E-state index in [2.05, 4.69) is 33.6 Å². The highest BCUT2D eigenvalue weighted by molar-refractivity contribution is 7.13. The summed E-state index contributed by atoms with van der Waals surface area (Å²) in [5.41, 5.74) is 8.14. The van der Waals surface area contributed by atoms with Gasteiger partial charge in [-0.1, -0.05) is 12.1 Å². The van der Waals surface area contributed by atoms with Gasteiger partial charge in [0, 0.05) is 11.1 Å². The fourth-order valence-electron chi connectivity index (χ4n) is 2.16. The number of thiazole rings is 1. The Bertz CT molecular complexity index is 798. The molecular weight excluding hydrogens is 294 g/mol. The summed E-state index contributed by atoms with van der Waals surface area (Å²) in [6.45, 7) is 6.01. The molecule has 2 heterocycles. The lowest BCUT2D eigenvalue weighted by atomic mass is 10.2. The topological polar surface area (TPSA) is 55.1 Å². The molecule has 112 valence electrons. The second-order valence-corrected chi connectivity index (χ2v) is 5.95. The van der Waals surface area contributed by atoms with E-state index >= 15 is 0 Å². The van der Waals surface area contributed by atoms with E-state index in [1.165, 1.54) is 0 Å². The zero-order valence-electron chi connectivity index (χ0n) is 12.7. The lowest BCUT2D eigenvalue weighted by Crippen LogP contribution is -1.99. The Balaban J connectivity index is 1.70. The van der Waals surface area contributed by atoms with Crippen LogP contribution in [0.5, 0.6) is 0 Å². The minimum absolute atomic E-state index is 0.799. The van der Waals surface area contributed by atoms with Crippen LogP contribution in [0, 0.1) is 20.8 Å². The van der Waals surface area contributed by atoms with E-state index in [-0.39, 0.29) is 0 Å². The molecule has 0 fully saturated rings. The monoisotopic (exact) mass is 311 g/mol. The second-order valence-electron chi connectivity index (χ2n) is 5.09. The van der Waals surface area contributed by atoms with Gasteiger partial charge >= 0.3 is 0 Å². The van der Waals surface area contributed by atoms with Gasteiger partial charge in [-0.15, -0.1) is 11.3 Å². The van der Waals surface area contributed by atoms with Crippen LogP contribution < -0.4 is 5.43 Å². The Morgan fingerprint density at radius 3 is 2.50 bits per heavy atom. The van der Waals surface area contributed by atoms with Crippen molar-refractivity contribution in [3.05, 3.63) is 58.4 Å². The largest absolute Gasteiger partial charge is 0.253 e. The van der Waals surface area contributed by atoms with Crippen LogP contribution in [0.3, 0.4) is 0 Å². The fraction of sp³-hybridized carbons (Fsp3) is 0.188. The maximum absolute atomic E-state index is 4.48. The molecule has 0 aliphatic carbocycles. The highest BCUT2D eigenvalue weighted by Crippen LogP contribution is 2.14. The number of nitrogens with one attached hydrogen (secondary N) is 1. The van der Waals surface area contributed by atoms with Crippen molar-refractivity contribution in [2.75, 3.05) is 5.43 Å². The molecule has 6 heteroatoms. The number of rotatable bonds is 4. The molecule has 22 heavy (non-hydrogen) atoms. The van der Waals surface area contributed by atoms with Crippen molar-refractivity contribution in [3.8, 4) is 5.69 Å². The van der Waals surface area contributed by atoms with Gasteiger partial charge in [-0.2, -0.15) is 10.2 Å². The van der Waals surface area contributed by atoms with Crippen LogP contribution in [-0.4, -0.2) is 21.0 Å². The zero-order valence-corrected chi connectivity index (χ0v) is 13.6. The van der Waals surface area contributed by atoms with Crippen molar-refractivity contribution in [2.24, 2.45) is 5.10 Å². The highest BCUT2D eigenvalue weighted by Gasteiger charge is 2.03. The van der Waals surface area contributed by atoms with Gasteiger partial charge in [0.15, 0.2) is 0 Å². The summed E-state index contributed by atoms with van der Waals surface area (Å²) in [5.74, 6) is 0. The average Bonchev–Trinajstić information content (AvgIpc) is 3.05. The summed E-state index contributed by atoms with van der Waals surface area (Å²) >= 11 is 1.54. The molecule has 0 amide bonds. The van der Waals surface area contributed by atoms with E-state index < -0.39 is 0 Å². The Labute approximate surface area is 133 Å². The fourth-order valence-corrected chi connectivity index (χ4v) is 2.80. The molecule has 0 unspecified atom stereocenters. The third-order valence-electron chi connectivity index (χ3n) is 3.14. The van der Waals surface area contributed by atoms with E-state index in [1.54, 1.807) is 17.6 Å². The molecule has 1 aromatic carbocycles. The number of hydrazone groups is 1. The second kappa shape index (κ2) is 6.11. The summed E-state index contributed by atoms with van der Waals surface area (Å²) in [6, 6.07) is 10.2. The number of benzene rings is 1. The van der Waals surface area contributed by atoms with Crippen LogP contribution in [0.4, 0.5) is 5.13 Å². The summed E-state index contributed by atoms with van der Waals surface area (Å²) in [5, 5.41) is 11.5. The molecule has 3 rings (SSSR count). The van der Waals surface area contributed by atoms with Crippen LogP contribution in [0.15, 0.2) is 40.8 Å². The maximum atomic E-state index is 4.48. The smallest absolute Gasteiger partial charge is 0.203 e. The Morgan fingerprint density at radius 2 is 1.91 bits per heavy atom. The number of hydrogen-bond donors (Lipinski definition) is 1. The molecule has 0 aliphatic rings. The molecule has 0 bridgehead atoms. The molecule has 2 aromatic heterocycles. The molecule has 0 aliphatic heterocycles. The van der Waals surface area contributed by atoms with Crippen molar-refractivity contribution in [3.63, 3.8) is 0 Å². The minimum Gasteiger partial charge on any atom is -0.253 e.